The fourth-order valence-corrected chi connectivity index (χ4v) is 1.37. The van der Waals surface area contributed by atoms with Crippen LogP contribution in [0.15, 0.2) is 22.7 Å². The number of nitrogens with zero attached hydrogens (tertiary/aromatic N) is 1. The summed E-state index contributed by atoms with van der Waals surface area (Å²) in [5, 5.41) is 11.9. The zero-order valence-electron chi connectivity index (χ0n) is 7.71. The standard InChI is InChI=1S/C11H9BrN2/c1-3-8(2)14-11-5-4-10(12)6-9(11)7-13/h1,4-6,8,14H,2H3. The maximum absolute atomic E-state index is 8.87. The molecule has 1 atom stereocenters. The highest BCUT2D eigenvalue weighted by Crippen LogP contribution is 2.20. The third-order valence-electron chi connectivity index (χ3n) is 1.72. The Morgan fingerprint density at radius 1 is 1.57 bits per heavy atom. The van der Waals surface area contributed by atoms with Crippen LogP contribution >= 0.6 is 15.9 Å². The number of terminal acetylenes is 1. The van der Waals surface area contributed by atoms with Crippen LogP contribution < -0.4 is 5.32 Å². The molecular formula is C11H9BrN2. The summed E-state index contributed by atoms with van der Waals surface area (Å²) < 4.78 is 0.882. The molecule has 0 aromatic heterocycles. The first-order valence-electron chi connectivity index (χ1n) is 4.09. The first-order valence-corrected chi connectivity index (χ1v) is 4.89. The van der Waals surface area contributed by atoms with E-state index in [0.717, 1.165) is 10.2 Å². The van der Waals surface area contributed by atoms with E-state index in [4.69, 9.17) is 11.7 Å². The van der Waals surface area contributed by atoms with Crippen molar-refractivity contribution in [3.8, 4) is 18.4 Å². The Morgan fingerprint density at radius 2 is 2.29 bits per heavy atom. The molecule has 1 aromatic carbocycles. The van der Waals surface area contributed by atoms with Crippen LogP contribution in [0.3, 0.4) is 0 Å². The molecular weight excluding hydrogens is 240 g/mol. The lowest BCUT2D eigenvalue weighted by atomic mass is 10.2. The molecule has 1 rings (SSSR count). The van der Waals surface area contributed by atoms with Crippen molar-refractivity contribution in [2.24, 2.45) is 0 Å². The van der Waals surface area contributed by atoms with Gasteiger partial charge in [-0.05, 0) is 25.1 Å². The smallest absolute Gasteiger partial charge is 0.101 e. The highest BCUT2D eigenvalue weighted by atomic mass is 79.9. The third kappa shape index (κ3) is 2.52. The van der Waals surface area contributed by atoms with Crippen LogP contribution in [0.25, 0.3) is 0 Å². The Bertz CT molecular complexity index is 412. The van der Waals surface area contributed by atoms with Crippen molar-refractivity contribution in [1.82, 2.24) is 0 Å². The van der Waals surface area contributed by atoms with Crippen LogP contribution in [0, 0.1) is 23.7 Å². The average Bonchev–Trinajstić information content (AvgIpc) is 2.20. The molecule has 3 heteroatoms. The Balaban J connectivity index is 2.99. The summed E-state index contributed by atoms with van der Waals surface area (Å²) >= 11 is 3.30. The molecule has 0 heterocycles. The monoisotopic (exact) mass is 248 g/mol. The number of nitrogens with one attached hydrogen (secondary N) is 1. The van der Waals surface area contributed by atoms with E-state index in [0.29, 0.717) is 5.56 Å². The minimum absolute atomic E-state index is 0.0803. The molecule has 0 radical (unpaired) electrons. The van der Waals surface area contributed by atoms with Crippen molar-refractivity contribution < 1.29 is 0 Å². The zero-order chi connectivity index (χ0) is 10.6. The van der Waals surface area contributed by atoms with E-state index in [1.54, 1.807) is 6.07 Å². The normalized spacial score (nSPS) is 11.1. The summed E-state index contributed by atoms with van der Waals surface area (Å²) in [7, 11) is 0. The fraction of sp³-hybridized carbons (Fsp3) is 0.182. The van der Waals surface area contributed by atoms with Gasteiger partial charge in [0.05, 0.1) is 17.3 Å². The third-order valence-corrected chi connectivity index (χ3v) is 2.22. The van der Waals surface area contributed by atoms with Crippen molar-refractivity contribution in [2.45, 2.75) is 13.0 Å². The molecule has 0 aliphatic carbocycles. The van der Waals surface area contributed by atoms with Gasteiger partial charge in [0.15, 0.2) is 0 Å². The van der Waals surface area contributed by atoms with E-state index in [2.05, 4.69) is 33.2 Å². The SMILES string of the molecule is C#CC(C)Nc1ccc(Br)cc1C#N. The van der Waals surface area contributed by atoms with Gasteiger partial charge >= 0.3 is 0 Å². The zero-order valence-corrected chi connectivity index (χ0v) is 9.30. The van der Waals surface area contributed by atoms with Gasteiger partial charge in [-0.2, -0.15) is 5.26 Å². The van der Waals surface area contributed by atoms with Crippen LogP contribution in [0.1, 0.15) is 12.5 Å². The van der Waals surface area contributed by atoms with Gasteiger partial charge in [0.1, 0.15) is 6.07 Å². The fourth-order valence-electron chi connectivity index (χ4n) is 1.01. The largest absolute Gasteiger partial charge is 0.371 e. The number of anilines is 1. The minimum Gasteiger partial charge on any atom is -0.371 e. The number of hydrogen-bond acceptors (Lipinski definition) is 2. The maximum atomic E-state index is 8.87. The summed E-state index contributed by atoms with van der Waals surface area (Å²) in [5.74, 6) is 2.55. The molecule has 0 saturated heterocycles. The molecule has 0 aliphatic rings. The molecule has 0 saturated carbocycles. The highest BCUT2D eigenvalue weighted by Gasteiger charge is 2.04. The van der Waals surface area contributed by atoms with E-state index in [9.17, 15) is 0 Å². The summed E-state index contributed by atoms with van der Waals surface area (Å²) in [6, 6.07) is 7.48. The quantitative estimate of drug-likeness (QED) is 0.818. The number of rotatable bonds is 2. The summed E-state index contributed by atoms with van der Waals surface area (Å²) in [6.45, 7) is 1.86. The molecule has 0 aliphatic heterocycles. The Kier molecular flexibility index (Phi) is 3.56. The van der Waals surface area contributed by atoms with Crippen LogP contribution in [-0.2, 0) is 0 Å². The molecule has 1 aromatic rings. The number of hydrogen-bond donors (Lipinski definition) is 1. The molecule has 14 heavy (non-hydrogen) atoms. The second-order valence-electron chi connectivity index (χ2n) is 2.83. The summed E-state index contributed by atoms with van der Waals surface area (Å²) in [5.41, 5.74) is 1.35. The lowest BCUT2D eigenvalue weighted by Gasteiger charge is -2.10. The van der Waals surface area contributed by atoms with E-state index in [1.165, 1.54) is 0 Å². The van der Waals surface area contributed by atoms with E-state index in [1.807, 2.05) is 19.1 Å². The second-order valence-corrected chi connectivity index (χ2v) is 3.75. The van der Waals surface area contributed by atoms with Gasteiger partial charge in [-0.25, -0.2) is 0 Å². The Hall–Kier alpha value is -1.45. The topological polar surface area (TPSA) is 35.8 Å². The summed E-state index contributed by atoms with van der Waals surface area (Å²) in [6.07, 6.45) is 5.24. The summed E-state index contributed by atoms with van der Waals surface area (Å²) in [4.78, 5) is 0. The van der Waals surface area contributed by atoms with Gasteiger partial charge in [0.25, 0.3) is 0 Å². The van der Waals surface area contributed by atoms with Gasteiger partial charge in [-0.15, -0.1) is 6.42 Å². The van der Waals surface area contributed by atoms with Gasteiger partial charge in [-0.1, -0.05) is 21.9 Å². The van der Waals surface area contributed by atoms with E-state index in [-0.39, 0.29) is 6.04 Å². The van der Waals surface area contributed by atoms with Crippen molar-refractivity contribution >= 4 is 21.6 Å². The number of benzene rings is 1. The van der Waals surface area contributed by atoms with Crippen molar-refractivity contribution in [1.29, 1.82) is 5.26 Å². The Morgan fingerprint density at radius 3 is 2.86 bits per heavy atom. The molecule has 1 N–H and O–H groups in total. The molecule has 1 unspecified atom stereocenters. The van der Waals surface area contributed by atoms with Gasteiger partial charge in [0, 0.05) is 4.47 Å². The van der Waals surface area contributed by atoms with Crippen LogP contribution in [0.2, 0.25) is 0 Å². The maximum Gasteiger partial charge on any atom is 0.101 e. The lowest BCUT2D eigenvalue weighted by Crippen LogP contribution is -2.12. The van der Waals surface area contributed by atoms with Crippen molar-refractivity contribution in [3.63, 3.8) is 0 Å². The van der Waals surface area contributed by atoms with Crippen LogP contribution in [0.4, 0.5) is 5.69 Å². The van der Waals surface area contributed by atoms with Crippen molar-refractivity contribution in [3.05, 3.63) is 28.2 Å². The Labute approximate surface area is 92.1 Å². The van der Waals surface area contributed by atoms with Crippen LogP contribution in [0.5, 0.6) is 0 Å². The van der Waals surface area contributed by atoms with Gasteiger partial charge < -0.3 is 5.32 Å². The van der Waals surface area contributed by atoms with Gasteiger partial charge in [-0.3, -0.25) is 0 Å². The number of nitriles is 1. The predicted octanol–water partition coefficient (Wildman–Crippen LogP) is 2.75. The highest BCUT2D eigenvalue weighted by molar-refractivity contribution is 9.10. The number of halogens is 1. The average molecular weight is 249 g/mol. The molecule has 2 nitrogen and oxygen atoms in total. The molecule has 0 spiro atoms. The first kappa shape index (κ1) is 10.6. The van der Waals surface area contributed by atoms with E-state index < -0.39 is 0 Å². The predicted molar refractivity (Wildman–Crippen MR) is 60.8 cm³/mol. The molecule has 70 valence electrons. The molecule has 0 fully saturated rings. The van der Waals surface area contributed by atoms with Crippen molar-refractivity contribution in [2.75, 3.05) is 5.32 Å². The molecule has 0 amide bonds. The first-order chi connectivity index (χ1) is 6.67. The van der Waals surface area contributed by atoms with E-state index >= 15 is 0 Å². The van der Waals surface area contributed by atoms with Gasteiger partial charge in [0.2, 0.25) is 0 Å². The molecule has 0 bridgehead atoms. The minimum atomic E-state index is -0.0803. The van der Waals surface area contributed by atoms with Crippen LogP contribution in [-0.4, -0.2) is 6.04 Å². The second kappa shape index (κ2) is 4.69. The lowest BCUT2D eigenvalue weighted by molar-refractivity contribution is 1.03.